The van der Waals surface area contributed by atoms with Crippen LogP contribution in [0.15, 0.2) is 72.4 Å². The third-order valence-electron chi connectivity index (χ3n) is 4.97. The van der Waals surface area contributed by atoms with Gasteiger partial charge in [-0.25, -0.2) is 9.29 Å². The van der Waals surface area contributed by atoms with Gasteiger partial charge in [-0.3, -0.25) is 19.7 Å². The number of amides is 2. The van der Waals surface area contributed by atoms with Gasteiger partial charge in [0.15, 0.2) is 0 Å². The second-order valence-electron chi connectivity index (χ2n) is 7.06. The highest BCUT2D eigenvalue weighted by Crippen LogP contribution is 2.35. The van der Waals surface area contributed by atoms with Crippen molar-refractivity contribution in [3.05, 3.63) is 105 Å². The number of hydrogen-bond acceptors (Lipinski definition) is 5. The highest BCUT2D eigenvalue weighted by molar-refractivity contribution is 6.46. The molecule has 0 aliphatic carbocycles. The van der Waals surface area contributed by atoms with Crippen LogP contribution in [0.25, 0.3) is 5.57 Å². The minimum atomic E-state index is -0.677. The van der Waals surface area contributed by atoms with Gasteiger partial charge in [0.05, 0.1) is 16.2 Å². The maximum absolute atomic E-state index is 13.8. The van der Waals surface area contributed by atoms with Crippen molar-refractivity contribution in [3.63, 3.8) is 0 Å². The number of halogens is 2. The van der Waals surface area contributed by atoms with Crippen molar-refractivity contribution >= 4 is 46.1 Å². The quantitative estimate of drug-likeness (QED) is 0.331. The van der Waals surface area contributed by atoms with Crippen molar-refractivity contribution in [2.24, 2.45) is 0 Å². The van der Waals surface area contributed by atoms with Crippen LogP contribution in [0.3, 0.4) is 0 Å². The first kappa shape index (κ1) is 21.2. The van der Waals surface area contributed by atoms with Crippen LogP contribution in [-0.4, -0.2) is 16.7 Å². The number of benzene rings is 3. The van der Waals surface area contributed by atoms with E-state index in [1.807, 2.05) is 0 Å². The number of imide groups is 1. The Kier molecular flexibility index (Phi) is 5.46. The van der Waals surface area contributed by atoms with E-state index in [4.69, 9.17) is 11.6 Å². The molecular weight excluding hydrogens is 437 g/mol. The molecule has 0 aromatic heterocycles. The molecule has 9 heteroatoms. The molecule has 160 valence electrons. The van der Waals surface area contributed by atoms with Gasteiger partial charge in [0.1, 0.15) is 11.5 Å². The number of nitro groups is 1. The molecule has 0 saturated heterocycles. The van der Waals surface area contributed by atoms with Gasteiger partial charge in [0.25, 0.3) is 17.5 Å². The number of rotatable bonds is 5. The maximum Gasteiger partial charge on any atom is 0.282 e. The molecule has 3 aromatic rings. The largest absolute Gasteiger partial charge is 0.350 e. The zero-order chi connectivity index (χ0) is 23.0. The molecule has 1 aliphatic rings. The fourth-order valence-electron chi connectivity index (χ4n) is 3.42. The van der Waals surface area contributed by atoms with Gasteiger partial charge in [-0.1, -0.05) is 17.7 Å². The number of nitrogens with zero attached hydrogens (tertiary/aromatic N) is 2. The van der Waals surface area contributed by atoms with Gasteiger partial charge in [-0.2, -0.15) is 0 Å². The fraction of sp³-hybridized carbons (Fsp3) is 0.0435. The van der Waals surface area contributed by atoms with E-state index < -0.39 is 22.6 Å². The zero-order valence-electron chi connectivity index (χ0n) is 16.6. The molecule has 0 bridgehead atoms. The van der Waals surface area contributed by atoms with Gasteiger partial charge in [0.2, 0.25) is 0 Å². The Labute approximate surface area is 186 Å². The van der Waals surface area contributed by atoms with Gasteiger partial charge < -0.3 is 5.32 Å². The SMILES string of the molecule is Cc1cc(Cl)ccc1NC1=C(c2ccc([N+](=O)[O-])cc2)C(=O)N(c2cccc(F)c2)C1=O. The Morgan fingerprint density at radius 3 is 2.34 bits per heavy atom. The first-order valence-corrected chi connectivity index (χ1v) is 9.80. The van der Waals surface area contributed by atoms with Crippen molar-refractivity contribution in [2.45, 2.75) is 6.92 Å². The number of carbonyl (C=O) groups excluding carboxylic acids is 2. The van der Waals surface area contributed by atoms with Crippen LogP contribution in [0.5, 0.6) is 0 Å². The molecule has 0 atom stereocenters. The van der Waals surface area contributed by atoms with Crippen LogP contribution in [0.1, 0.15) is 11.1 Å². The number of nitrogens with one attached hydrogen (secondary N) is 1. The Bertz CT molecular complexity index is 1300. The number of aryl methyl sites for hydroxylation is 1. The normalized spacial score (nSPS) is 13.7. The molecule has 1 heterocycles. The second kappa shape index (κ2) is 8.24. The monoisotopic (exact) mass is 451 g/mol. The van der Waals surface area contributed by atoms with Gasteiger partial charge in [-0.15, -0.1) is 0 Å². The average Bonchev–Trinajstić information content (AvgIpc) is 2.99. The van der Waals surface area contributed by atoms with Gasteiger partial charge >= 0.3 is 0 Å². The summed E-state index contributed by atoms with van der Waals surface area (Å²) in [6, 6.07) is 15.4. The lowest BCUT2D eigenvalue weighted by molar-refractivity contribution is -0.384. The van der Waals surface area contributed by atoms with E-state index in [1.54, 1.807) is 25.1 Å². The molecular formula is C23H15ClFN3O4. The van der Waals surface area contributed by atoms with Crippen LogP contribution < -0.4 is 10.2 Å². The summed E-state index contributed by atoms with van der Waals surface area (Å²) >= 11 is 6.01. The molecule has 2 amide bonds. The lowest BCUT2D eigenvalue weighted by Gasteiger charge is -2.16. The predicted octanol–water partition coefficient (Wildman–Crippen LogP) is 5.09. The van der Waals surface area contributed by atoms with Gasteiger partial charge in [0, 0.05) is 22.8 Å². The number of nitro benzene ring substituents is 1. The Hall–Kier alpha value is -4.04. The summed E-state index contributed by atoms with van der Waals surface area (Å²) in [5, 5.41) is 14.5. The predicted molar refractivity (Wildman–Crippen MR) is 119 cm³/mol. The lowest BCUT2D eigenvalue weighted by Crippen LogP contribution is -2.32. The molecule has 0 fully saturated rings. The van der Waals surface area contributed by atoms with Crippen LogP contribution in [-0.2, 0) is 9.59 Å². The number of anilines is 2. The highest BCUT2D eigenvalue weighted by Gasteiger charge is 2.40. The highest BCUT2D eigenvalue weighted by atomic mass is 35.5. The van der Waals surface area contributed by atoms with Crippen molar-refractivity contribution in [1.29, 1.82) is 0 Å². The van der Waals surface area contributed by atoms with E-state index >= 15 is 0 Å². The van der Waals surface area contributed by atoms with Crippen LogP contribution >= 0.6 is 11.6 Å². The molecule has 0 saturated carbocycles. The molecule has 7 nitrogen and oxygen atoms in total. The van der Waals surface area contributed by atoms with Crippen molar-refractivity contribution in [2.75, 3.05) is 10.2 Å². The number of carbonyl (C=O) groups is 2. The summed E-state index contributed by atoms with van der Waals surface area (Å²) in [7, 11) is 0. The van der Waals surface area contributed by atoms with Crippen molar-refractivity contribution in [3.8, 4) is 0 Å². The van der Waals surface area contributed by atoms with Crippen molar-refractivity contribution < 1.29 is 18.9 Å². The van der Waals surface area contributed by atoms with E-state index in [1.165, 1.54) is 42.5 Å². The fourth-order valence-corrected chi connectivity index (χ4v) is 3.64. The number of non-ortho nitro benzene ring substituents is 1. The lowest BCUT2D eigenvalue weighted by atomic mass is 10.0. The summed E-state index contributed by atoms with van der Waals surface area (Å²) < 4.78 is 13.8. The van der Waals surface area contributed by atoms with Crippen LogP contribution in [0.2, 0.25) is 5.02 Å². The Morgan fingerprint density at radius 2 is 1.72 bits per heavy atom. The molecule has 1 aliphatic heterocycles. The van der Waals surface area contributed by atoms with Gasteiger partial charge in [-0.05, 0) is 66.6 Å². The zero-order valence-corrected chi connectivity index (χ0v) is 17.4. The van der Waals surface area contributed by atoms with Crippen LogP contribution in [0.4, 0.5) is 21.5 Å². The van der Waals surface area contributed by atoms with E-state index in [-0.39, 0.29) is 22.6 Å². The standard InChI is InChI=1S/C23H15ClFN3O4/c1-13-11-15(24)7-10-19(13)26-21-20(14-5-8-17(9-6-14)28(31)32)22(29)27(23(21)30)18-4-2-3-16(25)12-18/h2-12,26H,1H3. The molecule has 0 unspecified atom stereocenters. The topological polar surface area (TPSA) is 92.6 Å². The Morgan fingerprint density at radius 1 is 1.00 bits per heavy atom. The molecule has 0 radical (unpaired) electrons. The Balaban J connectivity index is 1.84. The summed E-state index contributed by atoms with van der Waals surface area (Å²) in [5.74, 6) is -1.96. The maximum atomic E-state index is 13.8. The molecule has 32 heavy (non-hydrogen) atoms. The van der Waals surface area contributed by atoms with Crippen molar-refractivity contribution in [1.82, 2.24) is 0 Å². The first-order valence-electron chi connectivity index (χ1n) is 9.43. The molecule has 4 rings (SSSR count). The van der Waals surface area contributed by atoms with E-state index in [0.29, 0.717) is 16.3 Å². The molecule has 0 spiro atoms. The molecule has 1 N–H and O–H groups in total. The third-order valence-corrected chi connectivity index (χ3v) is 5.20. The van der Waals surface area contributed by atoms with E-state index in [0.717, 1.165) is 16.5 Å². The second-order valence-corrected chi connectivity index (χ2v) is 7.50. The van der Waals surface area contributed by atoms with E-state index in [9.17, 15) is 24.1 Å². The summed E-state index contributed by atoms with van der Waals surface area (Å²) in [6.45, 7) is 1.78. The smallest absolute Gasteiger partial charge is 0.282 e. The summed E-state index contributed by atoms with van der Waals surface area (Å²) in [4.78, 5) is 37.9. The summed E-state index contributed by atoms with van der Waals surface area (Å²) in [5.41, 5.74) is 1.49. The van der Waals surface area contributed by atoms with Crippen LogP contribution in [0, 0.1) is 22.9 Å². The molecule has 3 aromatic carbocycles. The average molecular weight is 452 g/mol. The number of hydrogen-bond donors (Lipinski definition) is 1. The third kappa shape index (κ3) is 3.83. The first-order chi connectivity index (χ1) is 15.3. The summed E-state index contributed by atoms with van der Waals surface area (Å²) in [6.07, 6.45) is 0. The van der Waals surface area contributed by atoms with E-state index in [2.05, 4.69) is 5.32 Å². The minimum absolute atomic E-state index is 0.0171. The minimum Gasteiger partial charge on any atom is -0.350 e.